The van der Waals surface area contributed by atoms with Crippen LogP contribution < -0.4 is 0 Å². The standard InChI is InChI=1S/C9H9ClN2/c1-8-11-6-9(7-12-8)4-2-3-5-10/h6-7H,3,5H2,1H3. The van der Waals surface area contributed by atoms with Crippen LogP contribution >= 0.6 is 11.6 Å². The van der Waals surface area contributed by atoms with E-state index in [1.165, 1.54) is 0 Å². The van der Waals surface area contributed by atoms with Gasteiger partial charge in [-0.15, -0.1) is 11.6 Å². The van der Waals surface area contributed by atoms with Crippen molar-refractivity contribution in [1.29, 1.82) is 0 Å². The third kappa shape index (κ3) is 2.89. The van der Waals surface area contributed by atoms with E-state index in [-0.39, 0.29) is 0 Å². The highest BCUT2D eigenvalue weighted by Gasteiger charge is 1.87. The topological polar surface area (TPSA) is 25.8 Å². The number of halogens is 1. The lowest BCUT2D eigenvalue weighted by molar-refractivity contribution is 1.05. The second-order valence-electron chi connectivity index (χ2n) is 2.26. The summed E-state index contributed by atoms with van der Waals surface area (Å²) in [5.41, 5.74) is 0.839. The first-order chi connectivity index (χ1) is 5.83. The Morgan fingerprint density at radius 3 is 2.67 bits per heavy atom. The van der Waals surface area contributed by atoms with Crippen LogP contribution in [0.15, 0.2) is 12.4 Å². The molecule has 1 rings (SSSR count). The molecule has 0 aliphatic heterocycles. The number of aromatic nitrogens is 2. The lowest BCUT2D eigenvalue weighted by Gasteiger charge is -1.89. The Balaban J connectivity index is 2.66. The molecular formula is C9H9ClN2. The van der Waals surface area contributed by atoms with E-state index in [2.05, 4.69) is 21.8 Å². The Labute approximate surface area is 77.0 Å². The van der Waals surface area contributed by atoms with Crippen LogP contribution in [-0.4, -0.2) is 15.8 Å². The van der Waals surface area contributed by atoms with Crippen LogP contribution in [0.3, 0.4) is 0 Å². The lowest BCUT2D eigenvalue weighted by atomic mass is 10.3. The predicted molar refractivity (Wildman–Crippen MR) is 49.0 cm³/mol. The minimum absolute atomic E-state index is 0.569. The number of hydrogen-bond acceptors (Lipinski definition) is 2. The van der Waals surface area contributed by atoms with Crippen LogP contribution in [0.1, 0.15) is 17.8 Å². The maximum Gasteiger partial charge on any atom is 0.125 e. The summed E-state index contributed by atoms with van der Waals surface area (Å²) in [4.78, 5) is 8.02. The smallest absolute Gasteiger partial charge is 0.125 e. The predicted octanol–water partition coefficient (Wildman–Crippen LogP) is 1.77. The Kier molecular flexibility index (Phi) is 3.56. The third-order valence-electron chi connectivity index (χ3n) is 1.23. The average molecular weight is 181 g/mol. The van der Waals surface area contributed by atoms with Crippen molar-refractivity contribution < 1.29 is 0 Å². The van der Waals surface area contributed by atoms with Crippen LogP contribution in [-0.2, 0) is 0 Å². The van der Waals surface area contributed by atoms with E-state index < -0.39 is 0 Å². The van der Waals surface area contributed by atoms with Crippen molar-refractivity contribution in [3.8, 4) is 11.8 Å². The molecule has 0 N–H and O–H groups in total. The van der Waals surface area contributed by atoms with Gasteiger partial charge >= 0.3 is 0 Å². The molecule has 0 aromatic carbocycles. The van der Waals surface area contributed by atoms with Crippen LogP contribution in [0, 0.1) is 18.8 Å². The van der Waals surface area contributed by atoms with Gasteiger partial charge in [0, 0.05) is 24.7 Å². The molecule has 0 unspecified atom stereocenters. The van der Waals surface area contributed by atoms with Gasteiger partial charge in [0.25, 0.3) is 0 Å². The van der Waals surface area contributed by atoms with Crippen LogP contribution in [0.4, 0.5) is 0 Å². The average Bonchev–Trinajstić information content (AvgIpc) is 2.09. The molecule has 0 aliphatic rings. The number of hydrogen-bond donors (Lipinski definition) is 0. The van der Waals surface area contributed by atoms with E-state index in [1.807, 2.05) is 6.92 Å². The third-order valence-corrected chi connectivity index (χ3v) is 1.42. The summed E-state index contributed by atoms with van der Waals surface area (Å²) in [5.74, 6) is 7.15. The molecule has 1 heterocycles. The van der Waals surface area contributed by atoms with Crippen molar-refractivity contribution >= 4 is 11.6 Å². The van der Waals surface area contributed by atoms with E-state index in [1.54, 1.807) is 12.4 Å². The second-order valence-corrected chi connectivity index (χ2v) is 2.64. The molecule has 0 saturated carbocycles. The summed E-state index contributed by atoms with van der Waals surface area (Å²) in [7, 11) is 0. The fraction of sp³-hybridized carbons (Fsp3) is 0.333. The van der Waals surface area contributed by atoms with Gasteiger partial charge in [-0.05, 0) is 6.92 Å². The van der Waals surface area contributed by atoms with Gasteiger partial charge in [-0.2, -0.15) is 0 Å². The summed E-state index contributed by atoms with van der Waals surface area (Å²) in [6.07, 6.45) is 4.13. The van der Waals surface area contributed by atoms with Gasteiger partial charge in [0.1, 0.15) is 5.82 Å². The molecular weight excluding hydrogens is 172 g/mol. The number of nitrogens with zero attached hydrogens (tertiary/aromatic N) is 2. The molecule has 12 heavy (non-hydrogen) atoms. The largest absolute Gasteiger partial charge is 0.240 e. The summed E-state index contributed by atoms with van der Waals surface area (Å²) in [5, 5.41) is 0. The van der Waals surface area contributed by atoms with E-state index in [4.69, 9.17) is 11.6 Å². The Morgan fingerprint density at radius 1 is 1.42 bits per heavy atom. The van der Waals surface area contributed by atoms with Gasteiger partial charge in [0.15, 0.2) is 0 Å². The molecule has 2 nitrogen and oxygen atoms in total. The van der Waals surface area contributed by atoms with E-state index in [9.17, 15) is 0 Å². The monoisotopic (exact) mass is 180 g/mol. The Morgan fingerprint density at radius 2 is 2.08 bits per heavy atom. The zero-order chi connectivity index (χ0) is 8.81. The molecule has 0 bridgehead atoms. The van der Waals surface area contributed by atoms with Crippen LogP contribution in [0.25, 0.3) is 0 Å². The molecule has 0 aliphatic carbocycles. The van der Waals surface area contributed by atoms with Crippen molar-refractivity contribution in [3.05, 3.63) is 23.8 Å². The minimum atomic E-state index is 0.569. The second kappa shape index (κ2) is 4.74. The first-order valence-electron chi connectivity index (χ1n) is 3.66. The maximum absolute atomic E-state index is 5.46. The summed E-state index contributed by atoms with van der Waals surface area (Å²) in [6.45, 7) is 1.84. The first-order valence-corrected chi connectivity index (χ1v) is 4.20. The molecule has 3 heteroatoms. The van der Waals surface area contributed by atoms with Crippen LogP contribution in [0.2, 0.25) is 0 Å². The van der Waals surface area contributed by atoms with Gasteiger partial charge in [-0.3, -0.25) is 0 Å². The van der Waals surface area contributed by atoms with Gasteiger partial charge in [0.2, 0.25) is 0 Å². The SMILES string of the molecule is Cc1ncc(C#CCCCl)cn1. The van der Waals surface area contributed by atoms with Crippen molar-refractivity contribution in [1.82, 2.24) is 9.97 Å². The fourth-order valence-corrected chi connectivity index (χ4v) is 0.763. The van der Waals surface area contributed by atoms with Gasteiger partial charge in [0.05, 0.1) is 5.56 Å². The number of alkyl halides is 1. The quantitative estimate of drug-likeness (QED) is 0.486. The van der Waals surface area contributed by atoms with Crippen molar-refractivity contribution in [3.63, 3.8) is 0 Å². The van der Waals surface area contributed by atoms with E-state index in [0.717, 1.165) is 11.4 Å². The van der Waals surface area contributed by atoms with Crippen molar-refractivity contribution in [2.75, 3.05) is 5.88 Å². The van der Waals surface area contributed by atoms with Crippen molar-refractivity contribution in [2.45, 2.75) is 13.3 Å². The molecule has 0 spiro atoms. The number of aryl methyl sites for hydroxylation is 1. The summed E-state index contributed by atoms with van der Waals surface area (Å²) < 4.78 is 0. The molecule has 0 saturated heterocycles. The molecule has 1 aromatic heterocycles. The van der Waals surface area contributed by atoms with Crippen molar-refractivity contribution in [2.24, 2.45) is 0 Å². The van der Waals surface area contributed by atoms with E-state index >= 15 is 0 Å². The Bertz CT molecular complexity index is 295. The normalized spacial score (nSPS) is 8.83. The van der Waals surface area contributed by atoms with Gasteiger partial charge in [-0.1, -0.05) is 11.8 Å². The molecule has 0 atom stereocenters. The number of rotatable bonds is 1. The van der Waals surface area contributed by atoms with Gasteiger partial charge in [-0.25, -0.2) is 9.97 Å². The zero-order valence-electron chi connectivity index (χ0n) is 6.84. The molecule has 0 radical (unpaired) electrons. The molecule has 0 fully saturated rings. The Hall–Kier alpha value is -1.07. The zero-order valence-corrected chi connectivity index (χ0v) is 7.60. The highest BCUT2D eigenvalue weighted by molar-refractivity contribution is 6.18. The van der Waals surface area contributed by atoms with Crippen LogP contribution in [0.5, 0.6) is 0 Å². The molecule has 62 valence electrons. The molecule has 0 amide bonds. The van der Waals surface area contributed by atoms with E-state index in [0.29, 0.717) is 12.3 Å². The lowest BCUT2D eigenvalue weighted by Crippen LogP contribution is -1.86. The molecule has 1 aromatic rings. The maximum atomic E-state index is 5.46. The first kappa shape index (κ1) is 9.02. The highest BCUT2D eigenvalue weighted by atomic mass is 35.5. The fourth-order valence-electron chi connectivity index (χ4n) is 0.669. The summed E-state index contributed by atoms with van der Waals surface area (Å²) >= 11 is 5.46. The highest BCUT2D eigenvalue weighted by Crippen LogP contribution is 1.92. The minimum Gasteiger partial charge on any atom is -0.240 e. The van der Waals surface area contributed by atoms with Gasteiger partial charge < -0.3 is 0 Å². The summed E-state index contributed by atoms with van der Waals surface area (Å²) in [6, 6.07) is 0.